The maximum absolute atomic E-state index is 6.38. The van der Waals surface area contributed by atoms with Gasteiger partial charge < -0.3 is 4.74 Å². The number of para-hydroxylation sites is 1. The van der Waals surface area contributed by atoms with Crippen LogP contribution in [0.15, 0.2) is 91.0 Å². The van der Waals surface area contributed by atoms with Crippen molar-refractivity contribution in [3.8, 4) is 0 Å². The number of hydrogen-bond acceptors (Lipinski definition) is 3. The second-order valence-corrected chi connectivity index (χ2v) is 7.01. The lowest BCUT2D eigenvalue weighted by molar-refractivity contribution is 0.338. The van der Waals surface area contributed by atoms with E-state index in [2.05, 4.69) is 71.8 Å². The molecule has 1 aromatic heterocycles. The van der Waals surface area contributed by atoms with Crippen LogP contribution in [0, 0.1) is 0 Å². The number of epoxide rings is 1. The van der Waals surface area contributed by atoms with Crippen LogP contribution in [-0.4, -0.2) is 21.1 Å². The molecule has 0 spiro atoms. The van der Waals surface area contributed by atoms with E-state index in [0.29, 0.717) is 0 Å². The highest BCUT2D eigenvalue weighted by atomic mass is 16.6. The Labute approximate surface area is 164 Å². The molecule has 2 heterocycles. The van der Waals surface area contributed by atoms with E-state index in [0.717, 1.165) is 23.2 Å². The number of rotatable bonds is 5. The molecule has 0 bridgehead atoms. The normalized spacial score (nSPS) is 18.3. The molecule has 28 heavy (non-hydrogen) atoms. The van der Waals surface area contributed by atoms with Crippen LogP contribution in [0.5, 0.6) is 0 Å². The van der Waals surface area contributed by atoms with Gasteiger partial charge in [-0.2, -0.15) is 0 Å². The fraction of sp³-hybridized carbons (Fsp3) is 0.167. The molecule has 1 aliphatic rings. The van der Waals surface area contributed by atoms with Crippen molar-refractivity contribution in [2.45, 2.75) is 25.0 Å². The summed E-state index contributed by atoms with van der Waals surface area (Å²) in [6.45, 7) is 2.14. The van der Waals surface area contributed by atoms with Gasteiger partial charge in [0.25, 0.3) is 0 Å². The Hall–Kier alpha value is -3.24. The first-order chi connectivity index (χ1) is 13.8. The van der Waals surface area contributed by atoms with Crippen LogP contribution < -0.4 is 0 Å². The Morgan fingerprint density at radius 3 is 2.18 bits per heavy atom. The molecule has 138 valence electrons. The second kappa shape index (κ2) is 6.73. The van der Waals surface area contributed by atoms with Gasteiger partial charge in [-0.15, -0.1) is 5.10 Å². The number of nitrogens with zero attached hydrogens (tertiary/aromatic N) is 3. The van der Waals surface area contributed by atoms with Gasteiger partial charge in [-0.3, -0.25) is 0 Å². The first kappa shape index (κ1) is 16.9. The summed E-state index contributed by atoms with van der Waals surface area (Å²) in [6.07, 6.45) is 2.99. The molecule has 0 amide bonds. The third-order valence-electron chi connectivity index (χ3n) is 5.39. The largest absolute Gasteiger partial charge is 0.351 e. The van der Waals surface area contributed by atoms with Crippen LogP contribution in [0.2, 0.25) is 0 Å². The van der Waals surface area contributed by atoms with Crippen LogP contribution in [-0.2, 0) is 10.3 Å². The summed E-state index contributed by atoms with van der Waals surface area (Å²) in [5, 5.41) is 8.68. The van der Waals surface area contributed by atoms with Gasteiger partial charge in [0, 0.05) is 5.70 Å². The van der Waals surface area contributed by atoms with E-state index in [1.54, 1.807) is 0 Å². The monoisotopic (exact) mass is 367 g/mol. The lowest BCUT2D eigenvalue weighted by Crippen LogP contribution is -2.14. The summed E-state index contributed by atoms with van der Waals surface area (Å²) in [6, 6.07) is 28.9. The Bertz CT molecular complexity index is 1090. The average Bonchev–Trinajstić information content (AvgIpc) is 3.34. The third kappa shape index (κ3) is 2.65. The van der Waals surface area contributed by atoms with Gasteiger partial charge in [0.2, 0.25) is 0 Å². The molecule has 0 radical (unpaired) electrons. The number of aromatic nitrogens is 3. The minimum atomic E-state index is -0.445. The van der Waals surface area contributed by atoms with Crippen molar-refractivity contribution in [3.05, 3.63) is 102 Å². The van der Waals surface area contributed by atoms with Crippen LogP contribution in [0.1, 0.15) is 24.5 Å². The summed E-state index contributed by atoms with van der Waals surface area (Å²) in [5.41, 5.74) is 4.90. The van der Waals surface area contributed by atoms with Crippen LogP contribution in [0.25, 0.3) is 16.7 Å². The minimum Gasteiger partial charge on any atom is -0.351 e. The van der Waals surface area contributed by atoms with E-state index in [1.807, 2.05) is 41.1 Å². The van der Waals surface area contributed by atoms with E-state index in [4.69, 9.17) is 4.74 Å². The number of fused-ring (bicyclic) bond motifs is 1. The molecule has 4 nitrogen and oxygen atoms in total. The molecule has 1 atom stereocenters. The topological polar surface area (TPSA) is 43.2 Å². The van der Waals surface area contributed by atoms with Crippen LogP contribution >= 0.6 is 0 Å². The molecular weight excluding hydrogens is 346 g/mol. The van der Waals surface area contributed by atoms with Crippen molar-refractivity contribution in [1.29, 1.82) is 0 Å². The third-order valence-corrected chi connectivity index (χ3v) is 5.39. The maximum atomic E-state index is 6.38. The Morgan fingerprint density at radius 1 is 0.929 bits per heavy atom. The van der Waals surface area contributed by atoms with E-state index in [1.165, 1.54) is 11.1 Å². The zero-order valence-electron chi connectivity index (χ0n) is 15.7. The molecule has 5 rings (SSSR count). The van der Waals surface area contributed by atoms with Crippen molar-refractivity contribution in [2.75, 3.05) is 0 Å². The summed E-state index contributed by atoms with van der Waals surface area (Å²) >= 11 is 0. The lowest BCUT2D eigenvalue weighted by Gasteiger charge is -2.14. The fourth-order valence-corrected chi connectivity index (χ4v) is 3.91. The van der Waals surface area contributed by atoms with Crippen LogP contribution in [0.3, 0.4) is 0 Å². The van der Waals surface area contributed by atoms with Crippen molar-refractivity contribution in [3.63, 3.8) is 0 Å². The summed E-state index contributed by atoms with van der Waals surface area (Å²) < 4.78 is 8.31. The molecule has 0 N–H and O–H groups in total. The molecule has 1 unspecified atom stereocenters. The summed E-state index contributed by atoms with van der Waals surface area (Å²) in [5.74, 6) is 0. The Morgan fingerprint density at radius 2 is 1.54 bits per heavy atom. The molecule has 0 saturated carbocycles. The highest BCUT2D eigenvalue weighted by molar-refractivity contribution is 5.77. The molecule has 1 saturated heterocycles. The Balaban J connectivity index is 1.59. The van der Waals surface area contributed by atoms with E-state index in [-0.39, 0.29) is 6.10 Å². The van der Waals surface area contributed by atoms with Crippen molar-refractivity contribution >= 4 is 16.7 Å². The molecule has 4 aromatic rings. The van der Waals surface area contributed by atoms with Crippen LogP contribution in [0.4, 0.5) is 0 Å². The van der Waals surface area contributed by atoms with Gasteiger partial charge >= 0.3 is 0 Å². The Kier molecular flexibility index (Phi) is 4.06. The van der Waals surface area contributed by atoms with Gasteiger partial charge in [0.1, 0.15) is 17.2 Å². The second-order valence-electron chi connectivity index (χ2n) is 7.01. The number of benzene rings is 3. The smallest absolute Gasteiger partial charge is 0.149 e. The lowest BCUT2D eigenvalue weighted by atomic mass is 9.87. The molecule has 4 heteroatoms. The standard InChI is InChI=1S/C24H21N3O/c1-2-20(27-22-16-10-9-15-21(22)25-26-27)17-23-24(28-23,18-11-5-3-6-12-18)19-13-7-4-8-14-19/h3-17,23H,2H2,1H3. The van der Waals surface area contributed by atoms with Gasteiger partial charge in [0.15, 0.2) is 0 Å². The van der Waals surface area contributed by atoms with Crippen molar-refractivity contribution < 1.29 is 4.74 Å². The predicted molar refractivity (Wildman–Crippen MR) is 111 cm³/mol. The average molecular weight is 367 g/mol. The minimum absolute atomic E-state index is 0.0461. The van der Waals surface area contributed by atoms with E-state index < -0.39 is 5.60 Å². The highest BCUT2D eigenvalue weighted by Crippen LogP contribution is 2.52. The zero-order valence-corrected chi connectivity index (χ0v) is 15.7. The SMILES string of the molecule is CCC(=CC1OC1(c1ccccc1)c1ccccc1)n1nnc2ccccc21. The summed E-state index contributed by atoms with van der Waals surface area (Å²) in [4.78, 5) is 0. The predicted octanol–water partition coefficient (Wildman–Crippen LogP) is 5.02. The zero-order chi connectivity index (χ0) is 19.0. The quantitative estimate of drug-likeness (QED) is 0.465. The fourth-order valence-electron chi connectivity index (χ4n) is 3.91. The van der Waals surface area contributed by atoms with Gasteiger partial charge in [-0.1, -0.05) is 84.9 Å². The number of hydrogen-bond donors (Lipinski definition) is 0. The first-order valence-corrected chi connectivity index (χ1v) is 9.63. The van der Waals surface area contributed by atoms with Crippen molar-refractivity contribution in [2.24, 2.45) is 0 Å². The molecular formula is C24H21N3O. The molecule has 3 aromatic carbocycles. The first-order valence-electron chi connectivity index (χ1n) is 9.63. The van der Waals surface area contributed by atoms with Gasteiger partial charge in [-0.05, 0) is 35.8 Å². The molecule has 0 aliphatic carbocycles. The van der Waals surface area contributed by atoms with E-state index >= 15 is 0 Å². The van der Waals surface area contributed by atoms with Gasteiger partial charge in [0.05, 0.1) is 5.52 Å². The maximum Gasteiger partial charge on any atom is 0.149 e. The number of ether oxygens (including phenoxy) is 1. The highest BCUT2D eigenvalue weighted by Gasteiger charge is 2.58. The number of allylic oxidation sites excluding steroid dienone is 1. The van der Waals surface area contributed by atoms with Gasteiger partial charge in [-0.25, -0.2) is 4.68 Å². The summed E-state index contributed by atoms with van der Waals surface area (Å²) in [7, 11) is 0. The van der Waals surface area contributed by atoms with E-state index in [9.17, 15) is 0 Å². The molecule has 1 fully saturated rings. The van der Waals surface area contributed by atoms with Crippen molar-refractivity contribution in [1.82, 2.24) is 15.0 Å². The molecule has 1 aliphatic heterocycles.